The smallest absolute Gasteiger partial charge is 0.272 e. The van der Waals surface area contributed by atoms with Gasteiger partial charge in [0.05, 0.1) is 12.9 Å². The Morgan fingerprint density at radius 2 is 2.10 bits per heavy atom. The van der Waals surface area contributed by atoms with Crippen LogP contribution < -0.4 is 5.56 Å². The predicted octanol–water partition coefficient (Wildman–Crippen LogP) is 2.37. The average Bonchev–Trinajstić information content (AvgIpc) is 2.49. The van der Waals surface area contributed by atoms with E-state index in [-0.39, 0.29) is 17.9 Å². The number of aromatic nitrogens is 2. The summed E-state index contributed by atoms with van der Waals surface area (Å²) in [5.74, 6) is -0.253. The SMILES string of the molecule is CSc1ncn(CC(=O)c2ccc(Cl)cc2)c(=O)c1C#N. The van der Waals surface area contributed by atoms with Crippen LogP contribution in [0.15, 0.2) is 40.4 Å². The van der Waals surface area contributed by atoms with Crippen LogP contribution in [0.1, 0.15) is 15.9 Å². The van der Waals surface area contributed by atoms with E-state index in [1.165, 1.54) is 18.1 Å². The number of hydrogen-bond donors (Lipinski definition) is 0. The van der Waals surface area contributed by atoms with Crippen LogP contribution in [-0.2, 0) is 6.54 Å². The Morgan fingerprint density at radius 1 is 1.43 bits per heavy atom. The first-order valence-corrected chi connectivity index (χ1v) is 7.49. The number of rotatable bonds is 4. The summed E-state index contributed by atoms with van der Waals surface area (Å²) >= 11 is 6.97. The van der Waals surface area contributed by atoms with Crippen LogP contribution in [-0.4, -0.2) is 21.6 Å². The number of ketones is 1. The lowest BCUT2D eigenvalue weighted by atomic mass is 10.1. The Balaban J connectivity index is 2.32. The monoisotopic (exact) mass is 319 g/mol. The predicted molar refractivity (Wildman–Crippen MR) is 80.8 cm³/mol. The van der Waals surface area contributed by atoms with Crippen LogP contribution in [0.3, 0.4) is 0 Å². The van der Waals surface area contributed by atoms with E-state index in [0.717, 1.165) is 4.57 Å². The van der Waals surface area contributed by atoms with E-state index < -0.39 is 5.56 Å². The lowest BCUT2D eigenvalue weighted by Crippen LogP contribution is -2.27. The molecule has 1 aromatic carbocycles. The highest BCUT2D eigenvalue weighted by atomic mass is 35.5. The summed E-state index contributed by atoms with van der Waals surface area (Å²) in [7, 11) is 0. The van der Waals surface area contributed by atoms with Gasteiger partial charge in [0, 0.05) is 10.6 Å². The minimum Gasteiger partial charge on any atom is -0.292 e. The molecule has 21 heavy (non-hydrogen) atoms. The van der Waals surface area contributed by atoms with Crippen molar-refractivity contribution in [1.29, 1.82) is 5.26 Å². The molecule has 1 heterocycles. The van der Waals surface area contributed by atoms with Crippen LogP contribution in [0, 0.1) is 11.3 Å². The Labute approximate surface area is 130 Å². The minimum absolute atomic E-state index is 0.0473. The third-order valence-electron chi connectivity index (χ3n) is 2.79. The van der Waals surface area contributed by atoms with E-state index >= 15 is 0 Å². The molecule has 0 unspecified atom stereocenters. The summed E-state index contributed by atoms with van der Waals surface area (Å²) < 4.78 is 1.13. The molecule has 0 aliphatic carbocycles. The molecule has 0 spiro atoms. The second-order valence-corrected chi connectivity index (χ2v) is 5.34. The van der Waals surface area contributed by atoms with E-state index in [9.17, 15) is 9.59 Å². The van der Waals surface area contributed by atoms with E-state index in [2.05, 4.69) is 4.98 Å². The number of nitrogens with zero attached hydrogens (tertiary/aromatic N) is 3. The molecule has 0 saturated heterocycles. The van der Waals surface area contributed by atoms with Crippen LogP contribution in [0.4, 0.5) is 0 Å². The molecule has 0 aliphatic heterocycles. The average molecular weight is 320 g/mol. The van der Waals surface area contributed by atoms with Gasteiger partial charge in [0.2, 0.25) is 0 Å². The number of carbonyl (C=O) groups excluding carboxylic acids is 1. The third kappa shape index (κ3) is 3.32. The van der Waals surface area contributed by atoms with Crippen molar-refractivity contribution in [2.75, 3.05) is 6.26 Å². The van der Waals surface area contributed by atoms with Gasteiger partial charge in [-0.1, -0.05) is 11.6 Å². The maximum absolute atomic E-state index is 12.1. The molecule has 106 valence electrons. The van der Waals surface area contributed by atoms with Crippen molar-refractivity contribution in [3.05, 3.63) is 57.1 Å². The molecule has 0 fully saturated rings. The van der Waals surface area contributed by atoms with Gasteiger partial charge in [-0.2, -0.15) is 5.26 Å². The molecule has 0 aliphatic rings. The lowest BCUT2D eigenvalue weighted by Gasteiger charge is -2.06. The zero-order valence-electron chi connectivity index (χ0n) is 11.0. The van der Waals surface area contributed by atoms with Crippen LogP contribution in [0.25, 0.3) is 0 Å². The first-order chi connectivity index (χ1) is 10.1. The van der Waals surface area contributed by atoms with Crippen molar-refractivity contribution < 1.29 is 4.79 Å². The molecule has 1 aromatic heterocycles. The number of thioether (sulfide) groups is 1. The summed E-state index contributed by atoms with van der Waals surface area (Å²) in [6.45, 7) is -0.170. The van der Waals surface area contributed by atoms with Crippen molar-refractivity contribution in [2.45, 2.75) is 11.6 Å². The molecular formula is C14H10ClN3O2S. The number of Topliss-reactive ketones (excluding diaryl/α,β-unsaturated/α-hetero) is 1. The van der Waals surface area contributed by atoms with Gasteiger partial charge in [-0.3, -0.25) is 14.2 Å². The molecular weight excluding hydrogens is 310 g/mol. The maximum atomic E-state index is 12.1. The molecule has 0 radical (unpaired) electrons. The largest absolute Gasteiger partial charge is 0.292 e. The zero-order chi connectivity index (χ0) is 15.4. The molecule has 0 atom stereocenters. The van der Waals surface area contributed by atoms with Crippen molar-refractivity contribution in [2.24, 2.45) is 0 Å². The molecule has 2 rings (SSSR count). The van der Waals surface area contributed by atoms with Crippen molar-refractivity contribution in [1.82, 2.24) is 9.55 Å². The van der Waals surface area contributed by atoms with Gasteiger partial charge in [-0.05, 0) is 30.5 Å². The third-order valence-corrected chi connectivity index (χ3v) is 3.74. The normalized spacial score (nSPS) is 10.1. The summed E-state index contributed by atoms with van der Waals surface area (Å²) in [6, 6.07) is 8.22. The Morgan fingerprint density at radius 3 is 2.67 bits per heavy atom. The van der Waals surface area contributed by atoms with Crippen LogP contribution >= 0.6 is 23.4 Å². The Kier molecular flexibility index (Phi) is 4.78. The standard InChI is InChI=1S/C14H10ClN3O2S/c1-21-13-11(6-16)14(20)18(8-17-13)7-12(19)9-2-4-10(15)5-3-9/h2-5,8H,7H2,1H3. The number of benzene rings is 1. The van der Waals surface area contributed by atoms with E-state index in [0.29, 0.717) is 15.6 Å². The molecule has 2 aromatic rings. The summed E-state index contributed by atoms with van der Waals surface area (Å²) in [6.07, 6.45) is 3.01. The second kappa shape index (κ2) is 6.57. The van der Waals surface area contributed by atoms with E-state index in [1.54, 1.807) is 30.5 Å². The minimum atomic E-state index is -0.515. The molecule has 0 saturated carbocycles. The summed E-state index contributed by atoms with van der Waals surface area (Å²) in [4.78, 5) is 28.2. The quantitative estimate of drug-likeness (QED) is 0.491. The Bertz CT molecular complexity index is 778. The first-order valence-electron chi connectivity index (χ1n) is 5.89. The zero-order valence-corrected chi connectivity index (χ0v) is 12.6. The van der Waals surface area contributed by atoms with Gasteiger partial charge in [-0.25, -0.2) is 4.98 Å². The van der Waals surface area contributed by atoms with Gasteiger partial charge >= 0.3 is 0 Å². The van der Waals surface area contributed by atoms with Gasteiger partial charge in [0.1, 0.15) is 16.7 Å². The molecule has 7 heteroatoms. The number of halogens is 1. The molecule has 5 nitrogen and oxygen atoms in total. The van der Waals surface area contributed by atoms with Gasteiger partial charge in [-0.15, -0.1) is 11.8 Å². The highest BCUT2D eigenvalue weighted by Crippen LogP contribution is 2.13. The summed E-state index contributed by atoms with van der Waals surface area (Å²) in [5.41, 5.74) is -0.119. The van der Waals surface area contributed by atoms with Gasteiger partial charge < -0.3 is 0 Å². The number of carbonyl (C=O) groups is 1. The fourth-order valence-electron chi connectivity index (χ4n) is 1.72. The first kappa shape index (κ1) is 15.3. The van der Waals surface area contributed by atoms with Crippen LogP contribution in [0.2, 0.25) is 5.02 Å². The van der Waals surface area contributed by atoms with E-state index in [1.807, 2.05) is 6.07 Å². The van der Waals surface area contributed by atoms with Crippen molar-refractivity contribution >= 4 is 29.1 Å². The number of nitriles is 1. The number of hydrogen-bond acceptors (Lipinski definition) is 5. The van der Waals surface area contributed by atoms with Crippen LogP contribution in [0.5, 0.6) is 0 Å². The maximum Gasteiger partial charge on any atom is 0.272 e. The van der Waals surface area contributed by atoms with Gasteiger partial charge in [0.25, 0.3) is 5.56 Å². The summed E-state index contributed by atoms with van der Waals surface area (Å²) in [5, 5.41) is 9.91. The Hall–Kier alpha value is -2.10. The fourth-order valence-corrected chi connectivity index (χ4v) is 2.33. The van der Waals surface area contributed by atoms with Crippen molar-refractivity contribution in [3.8, 4) is 6.07 Å². The molecule has 0 N–H and O–H groups in total. The lowest BCUT2D eigenvalue weighted by molar-refractivity contribution is 0.0970. The second-order valence-electron chi connectivity index (χ2n) is 4.10. The van der Waals surface area contributed by atoms with Gasteiger partial charge in [0.15, 0.2) is 5.78 Å². The highest BCUT2D eigenvalue weighted by Gasteiger charge is 2.13. The topological polar surface area (TPSA) is 75.8 Å². The highest BCUT2D eigenvalue weighted by molar-refractivity contribution is 7.98. The molecule has 0 amide bonds. The van der Waals surface area contributed by atoms with E-state index in [4.69, 9.17) is 16.9 Å². The van der Waals surface area contributed by atoms with Crippen molar-refractivity contribution in [3.63, 3.8) is 0 Å². The molecule has 0 bridgehead atoms. The fraction of sp³-hybridized carbons (Fsp3) is 0.143.